The zero-order valence-electron chi connectivity index (χ0n) is 6.72. The molecule has 0 fully saturated rings. The Hall–Kier alpha value is -1.30. The average Bonchev–Trinajstić information content (AvgIpc) is 2.32. The topological polar surface area (TPSA) is 30.4 Å². The molecule has 0 aliphatic rings. The van der Waals surface area contributed by atoms with Crippen LogP contribution in [0.1, 0.15) is 24.3 Å². The lowest BCUT2D eigenvalue weighted by molar-refractivity contribution is 0.483. The summed E-state index contributed by atoms with van der Waals surface area (Å²) in [4.78, 5) is 7.38. The number of hydrogen-bond acceptors (Lipinski definition) is 2. The molecule has 0 aliphatic heterocycles. The first kappa shape index (κ1) is 7.80. The largest absolute Gasteiger partial charge is 0.438 e. The molecule has 0 saturated heterocycles. The van der Waals surface area contributed by atoms with E-state index in [9.17, 15) is 0 Å². The lowest BCUT2D eigenvalue weighted by Gasteiger charge is -1.86. The predicted octanol–water partition coefficient (Wildman–Crippen LogP) is 1.96. The number of hydrogen-bond donors (Lipinski definition) is 0. The zero-order chi connectivity index (χ0) is 8.27. The third-order valence-corrected chi connectivity index (χ3v) is 1.44. The van der Waals surface area contributed by atoms with Crippen LogP contribution >= 0.6 is 0 Å². The molecule has 58 valence electrons. The lowest BCUT2D eigenvalue weighted by atomic mass is 10.3. The molecule has 0 spiro atoms. The minimum atomic E-state index is 0.310. The predicted molar refractivity (Wildman–Crippen MR) is 40.9 cm³/mol. The van der Waals surface area contributed by atoms with Crippen molar-refractivity contribution in [2.24, 2.45) is 0 Å². The second-order valence-corrected chi connectivity index (χ2v) is 2.27. The molecule has 1 aromatic heterocycles. The van der Waals surface area contributed by atoms with Gasteiger partial charge in [0, 0.05) is 6.92 Å². The Bertz CT molecular complexity index is 283. The Morgan fingerprint density at radius 2 is 2.36 bits per heavy atom. The molecule has 0 aromatic carbocycles. The SMILES string of the molecule is [C-]#[N+]Cc1oc(C)nc1CC. The van der Waals surface area contributed by atoms with Crippen LogP contribution in [0.4, 0.5) is 0 Å². The van der Waals surface area contributed by atoms with Gasteiger partial charge in [-0.05, 0) is 6.42 Å². The molecule has 0 N–H and O–H groups in total. The highest BCUT2D eigenvalue weighted by molar-refractivity contribution is 5.10. The van der Waals surface area contributed by atoms with Crippen LogP contribution in [0, 0.1) is 13.5 Å². The Kier molecular flexibility index (Phi) is 2.27. The zero-order valence-corrected chi connectivity index (χ0v) is 6.72. The molecule has 0 unspecified atom stereocenters. The second kappa shape index (κ2) is 3.20. The fourth-order valence-electron chi connectivity index (χ4n) is 0.984. The molecule has 0 amide bonds. The Balaban J connectivity index is 2.94. The van der Waals surface area contributed by atoms with Crippen molar-refractivity contribution in [1.82, 2.24) is 4.98 Å². The summed E-state index contributed by atoms with van der Waals surface area (Å²) >= 11 is 0. The van der Waals surface area contributed by atoms with Gasteiger partial charge >= 0.3 is 0 Å². The van der Waals surface area contributed by atoms with Gasteiger partial charge < -0.3 is 9.26 Å². The molecule has 0 atom stereocenters. The third kappa shape index (κ3) is 1.58. The Morgan fingerprint density at radius 3 is 2.91 bits per heavy atom. The van der Waals surface area contributed by atoms with Gasteiger partial charge in [-0.1, -0.05) is 6.92 Å². The van der Waals surface area contributed by atoms with Crippen molar-refractivity contribution in [3.63, 3.8) is 0 Å². The molecular weight excluding hydrogens is 140 g/mol. The number of aryl methyl sites for hydroxylation is 2. The fraction of sp³-hybridized carbons (Fsp3) is 0.500. The van der Waals surface area contributed by atoms with Crippen molar-refractivity contribution in [2.75, 3.05) is 0 Å². The van der Waals surface area contributed by atoms with Gasteiger partial charge in [0.2, 0.25) is 5.76 Å². The second-order valence-electron chi connectivity index (χ2n) is 2.27. The van der Waals surface area contributed by atoms with Gasteiger partial charge in [0.15, 0.2) is 5.89 Å². The summed E-state index contributed by atoms with van der Waals surface area (Å²) in [5, 5.41) is 0. The first-order chi connectivity index (χ1) is 5.27. The van der Waals surface area contributed by atoms with Crippen LogP contribution in [0.25, 0.3) is 4.85 Å². The molecule has 1 rings (SSSR count). The van der Waals surface area contributed by atoms with Crippen LogP contribution in [0.15, 0.2) is 4.42 Å². The van der Waals surface area contributed by atoms with E-state index in [4.69, 9.17) is 11.0 Å². The molecule has 0 saturated carbocycles. The Labute approximate surface area is 65.9 Å². The molecule has 3 nitrogen and oxygen atoms in total. The molecule has 11 heavy (non-hydrogen) atoms. The van der Waals surface area contributed by atoms with E-state index in [0.717, 1.165) is 17.9 Å². The standard InChI is InChI=1S/C8H10N2O/c1-4-7-8(5-9-3)11-6(2)10-7/h4-5H2,1-2H3. The van der Waals surface area contributed by atoms with Crippen LogP contribution in [-0.2, 0) is 13.0 Å². The van der Waals surface area contributed by atoms with Gasteiger partial charge in [0.1, 0.15) is 0 Å². The van der Waals surface area contributed by atoms with Gasteiger partial charge in [-0.2, -0.15) is 0 Å². The van der Waals surface area contributed by atoms with Gasteiger partial charge in [-0.25, -0.2) is 11.6 Å². The van der Waals surface area contributed by atoms with E-state index in [2.05, 4.69) is 9.83 Å². The van der Waals surface area contributed by atoms with E-state index >= 15 is 0 Å². The highest BCUT2D eigenvalue weighted by Crippen LogP contribution is 2.11. The first-order valence-corrected chi connectivity index (χ1v) is 3.56. The van der Waals surface area contributed by atoms with E-state index in [1.54, 1.807) is 6.92 Å². The minimum absolute atomic E-state index is 0.310. The Morgan fingerprint density at radius 1 is 1.64 bits per heavy atom. The monoisotopic (exact) mass is 150 g/mol. The van der Waals surface area contributed by atoms with E-state index in [1.165, 1.54) is 0 Å². The molecule has 1 aromatic rings. The summed E-state index contributed by atoms with van der Waals surface area (Å²) in [7, 11) is 0. The normalized spacial score (nSPS) is 9.55. The van der Waals surface area contributed by atoms with Gasteiger partial charge in [-0.3, -0.25) is 0 Å². The first-order valence-electron chi connectivity index (χ1n) is 3.56. The van der Waals surface area contributed by atoms with E-state index < -0.39 is 0 Å². The quantitative estimate of drug-likeness (QED) is 0.603. The van der Waals surface area contributed by atoms with Crippen LogP contribution in [0.5, 0.6) is 0 Å². The molecule has 0 radical (unpaired) electrons. The summed E-state index contributed by atoms with van der Waals surface area (Å²) in [5.74, 6) is 1.38. The van der Waals surface area contributed by atoms with Gasteiger partial charge in [-0.15, -0.1) is 0 Å². The minimum Gasteiger partial charge on any atom is -0.438 e. The van der Waals surface area contributed by atoms with Crippen LogP contribution < -0.4 is 0 Å². The molecular formula is C8H10N2O. The van der Waals surface area contributed by atoms with E-state index in [0.29, 0.717) is 12.4 Å². The van der Waals surface area contributed by atoms with Crippen LogP contribution in [-0.4, -0.2) is 4.98 Å². The number of rotatable bonds is 2. The number of nitrogens with zero attached hydrogens (tertiary/aromatic N) is 2. The lowest BCUT2D eigenvalue weighted by Crippen LogP contribution is -1.85. The molecule has 1 heterocycles. The fourth-order valence-corrected chi connectivity index (χ4v) is 0.984. The van der Waals surface area contributed by atoms with Crippen LogP contribution in [0.2, 0.25) is 0 Å². The smallest absolute Gasteiger partial charge is 0.273 e. The summed E-state index contributed by atoms with van der Waals surface area (Å²) in [5.41, 5.74) is 0.915. The maximum atomic E-state index is 6.66. The maximum Gasteiger partial charge on any atom is 0.273 e. The summed E-state index contributed by atoms with van der Waals surface area (Å²) in [6, 6.07) is 0. The van der Waals surface area contributed by atoms with Crippen molar-refractivity contribution < 1.29 is 4.42 Å². The summed E-state index contributed by atoms with van der Waals surface area (Å²) < 4.78 is 5.22. The third-order valence-electron chi connectivity index (χ3n) is 1.44. The van der Waals surface area contributed by atoms with E-state index in [-0.39, 0.29) is 0 Å². The molecule has 0 aliphatic carbocycles. The summed E-state index contributed by atoms with van der Waals surface area (Å²) in [6.45, 7) is 10.8. The van der Waals surface area contributed by atoms with Gasteiger partial charge in [0.25, 0.3) is 6.54 Å². The number of oxazole rings is 1. The van der Waals surface area contributed by atoms with Crippen molar-refractivity contribution in [3.05, 3.63) is 28.8 Å². The van der Waals surface area contributed by atoms with E-state index in [1.807, 2.05) is 6.92 Å². The summed E-state index contributed by atoms with van der Waals surface area (Å²) in [6.07, 6.45) is 0.836. The average molecular weight is 150 g/mol. The highest BCUT2D eigenvalue weighted by atomic mass is 16.4. The van der Waals surface area contributed by atoms with Crippen molar-refractivity contribution in [3.8, 4) is 0 Å². The van der Waals surface area contributed by atoms with Crippen molar-refractivity contribution in [1.29, 1.82) is 0 Å². The highest BCUT2D eigenvalue weighted by Gasteiger charge is 2.10. The van der Waals surface area contributed by atoms with Gasteiger partial charge in [0.05, 0.1) is 5.69 Å². The van der Waals surface area contributed by atoms with Crippen molar-refractivity contribution >= 4 is 0 Å². The molecule has 3 heteroatoms. The van der Waals surface area contributed by atoms with Crippen molar-refractivity contribution in [2.45, 2.75) is 26.8 Å². The molecule has 0 bridgehead atoms. The van der Waals surface area contributed by atoms with Crippen LogP contribution in [0.3, 0.4) is 0 Å². The number of aromatic nitrogens is 1. The maximum absolute atomic E-state index is 6.66.